The van der Waals surface area contributed by atoms with E-state index in [1.807, 2.05) is 0 Å². The minimum absolute atomic E-state index is 0.416. The van der Waals surface area contributed by atoms with Crippen LogP contribution in [0.1, 0.15) is 27.7 Å². The number of esters is 3. The van der Waals surface area contributed by atoms with Crippen LogP contribution in [0, 0.1) is 0 Å². The van der Waals surface area contributed by atoms with Crippen LogP contribution in [0.5, 0.6) is 0 Å². The molecule has 9 heteroatoms. The topological polar surface area (TPSA) is 116 Å². The van der Waals surface area contributed by atoms with Crippen molar-refractivity contribution in [2.75, 3.05) is 0 Å². The van der Waals surface area contributed by atoms with E-state index >= 15 is 0 Å². The summed E-state index contributed by atoms with van der Waals surface area (Å²) in [6.45, 7) is 3.81. The molecule has 0 unspecified atom stereocenters. The van der Waals surface area contributed by atoms with Crippen LogP contribution < -0.4 is 0 Å². The molecule has 0 aromatic carbocycles. The molecule has 0 aromatic heterocycles. The Balaban J connectivity index is 5.68. The van der Waals surface area contributed by atoms with Gasteiger partial charge in [-0.2, -0.15) is 4.39 Å². The highest BCUT2D eigenvalue weighted by atomic mass is 19.2. The highest BCUT2D eigenvalue weighted by molar-refractivity contribution is 5.73. The minimum Gasteiger partial charge on any atom is -0.456 e. The molecule has 0 radical (unpaired) electrons. The van der Waals surface area contributed by atoms with Crippen molar-refractivity contribution >= 4 is 24.2 Å². The summed E-state index contributed by atoms with van der Waals surface area (Å²) in [5, 5.41) is 9.55. The van der Waals surface area contributed by atoms with Gasteiger partial charge in [0.05, 0.1) is 6.10 Å². The summed E-state index contributed by atoms with van der Waals surface area (Å²) in [6.07, 6.45) is -5.83. The fraction of sp³-hybridized carbons (Fsp3) is 0.667. The average Bonchev–Trinajstić information content (AvgIpc) is 2.31. The molecule has 0 fully saturated rings. The van der Waals surface area contributed by atoms with Gasteiger partial charge in [-0.05, 0) is 6.92 Å². The molecule has 0 aliphatic heterocycles. The first kappa shape index (κ1) is 19.0. The number of halogens is 1. The number of ether oxygens (including phenoxy) is 3. The first-order valence-electron chi connectivity index (χ1n) is 5.90. The summed E-state index contributed by atoms with van der Waals surface area (Å²) in [7, 11) is 0. The smallest absolute Gasteiger partial charge is 0.346 e. The summed E-state index contributed by atoms with van der Waals surface area (Å²) in [5.74, 6) is -6.54. The minimum atomic E-state index is -3.41. The molecule has 0 saturated heterocycles. The maximum atomic E-state index is 14.5. The molecule has 0 bridgehead atoms. The van der Waals surface area contributed by atoms with E-state index in [9.17, 15) is 28.7 Å². The second kappa shape index (κ2) is 7.67. The van der Waals surface area contributed by atoms with Gasteiger partial charge in [0.1, 0.15) is 0 Å². The Hall–Kier alpha value is -2.03. The molecule has 0 rings (SSSR count). The van der Waals surface area contributed by atoms with Crippen molar-refractivity contribution in [3.63, 3.8) is 0 Å². The van der Waals surface area contributed by atoms with E-state index < -0.39 is 48.4 Å². The monoisotopic (exact) mass is 308 g/mol. The molecular weight excluding hydrogens is 291 g/mol. The van der Waals surface area contributed by atoms with Gasteiger partial charge in [-0.25, -0.2) is 0 Å². The summed E-state index contributed by atoms with van der Waals surface area (Å²) >= 11 is 0. The summed E-state index contributed by atoms with van der Waals surface area (Å²) in [5.41, 5.74) is 0. The quantitative estimate of drug-likeness (QED) is 0.386. The Bertz CT molecular complexity index is 421. The molecule has 1 N–H and O–H groups in total. The van der Waals surface area contributed by atoms with E-state index in [4.69, 9.17) is 0 Å². The summed E-state index contributed by atoms with van der Waals surface area (Å²) in [6, 6.07) is 0. The second-order valence-corrected chi connectivity index (χ2v) is 4.25. The van der Waals surface area contributed by atoms with E-state index in [0.717, 1.165) is 27.7 Å². The van der Waals surface area contributed by atoms with Gasteiger partial charge in [0.15, 0.2) is 12.4 Å². The molecule has 8 nitrogen and oxygen atoms in total. The van der Waals surface area contributed by atoms with Crippen LogP contribution in [0.4, 0.5) is 4.39 Å². The number of hydrogen-bond donors (Lipinski definition) is 1. The second-order valence-electron chi connectivity index (χ2n) is 4.25. The lowest BCUT2D eigenvalue weighted by molar-refractivity contribution is -0.235. The number of carbonyl (C=O) groups is 4. The normalized spacial score (nSPS) is 17.6. The van der Waals surface area contributed by atoms with Gasteiger partial charge in [0.25, 0.3) is 0 Å². The molecule has 0 aromatic rings. The zero-order valence-electron chi connectivity index (χ0n) is 12.0. The van der Waals surface area contributed by atoms with Crippen LogP contribution in [-0.4, -0.2) is 53.5 Å². The van der Waals surface area contributed by atoms with Crippen LogP contribution >= 0.6 is 0 Å². The molecule has 4 atom stereocenters. The van der Waals surface area contributed by atoms with Crippen molar-refractivity contribution < 1.29 is 42.9 Å². The number of hydrogen-bond acceptors (Lipinski definition) is 8. The molecular formula is C12H17FO8. The highest BCUT2D eigenvalue weighted by Gasteiger charge is 2.52. The van der Waals surface area contributed by atoms with Gasteiger partial charge < -0.3 is 19.3 Å². The van der Waals surface area contributed by atoms with Crippen LogP contribution in [0.2, 0.25) is 0 Å². The van der Waals surface area contributed by atoms with Crippen LogP contribution in [-0.2, 0) is 33.4 Å². The van der Waals surface area contributed by atoms with Crippen molar-refractivity contribution in [2.24, 2.45) is 0 Å². The van der Waals surface area contributed by atoms with Gasteiger partial charge in [-0.1, -0.05) is 0 Å². The van der Waals surface area contributed by atoms with E-state index in [1.54, 1.807) is 0 Å². The van der Waals surface area contributed by atoms with Crippen LogP contribution in [0.3, 0.4) is 0 Å². The number of aldehydes is 1. The summed E-state index contributed by atoms with van der Waals surface area (Å²) in [4.78, 5) is 43.9. The molecule has 0 amide bonds. The Morgan fingerprint density at radius 1 is 1.10 bits per heavy atom. The van der Waals surface area contributed by atoms with Crippen molar-refractivity contribution in [1.29, 1.82) is 0 Å². The third-order valence-electron chi connectivity index (χ3n) is 2.22. The molecule has 0 saturated carbocycles. The average molecular weight is 308 g/mol. The summed E-state index contributed by atoms with van der Waals surface area (Å²) < 4.78 is 27.9. The number of alkyl halides is 1. The number of carbonyl (C=O) groups excluding carboxylic acids is 4. The van der Waals surface area contributed by atoms with Gasteiger partial charge in [-0.15, -0.1) is 0 Å². The molecule has 0 heterocycles. The molecule has 0 aliphatic rings. The molecule has 0 aliphatic carbocycles. The molecule has 120 valence electrons. The van der Waals surface area contributed by atoms with Crippen LogP contribution in [0.15, 0.2) is 0 Å². The Kier molecular flexibility index (Phi) is 6.93. The maximum Gasteiger partial charge on any atom is 0.346 e. The maximum absolute atomic E-state index is 14.5. The lowest BCUT2D eigenvalue weighted by Crippen LogP contribution is -2.56. The fourth-order valence-corrected chi connectivity index (χ4v) is 1.52. The standard InChI is InChI=1S/C12H17FO8/c1-6(15)10(19-7(2)16)11(20-8(3)17)12(13,5-14)21-9(4)18/h5-6,10-11,15H,1-4H3/t6-,10+,11+,12+/m1/s1. The van der Waals surface area contributed by atoms with Crippen LogP contribution in [0.25, 0.3) is 0 Å². The van der Waals surface area contributed by atoms with Gasteiger partial charge in [0.2, 0.25) is 6.10 Å². The zero-order valence-corrected chi connectivity index (χ0v) is 12.0. The van der Waals surface area contributed by atoms with Gasteiger partial charge in [0, 0.05) is 20.8 Å². The first-order chi connectivity index (χ1) is 9.53. The Labute approximate surface area is 120 Å². The predicted octanol–water partition coefficient (Wildman–Crippen LogP) is -0.342. The van der Waals surface area contributed by atoms with E-state index in [0.29, 0.717) is 0 Å². The van der Waals surface area contributed by atoms with E-state index in [-0.39, 0.29) is 0 Å². The van der Waals surface area contributed by atoms with E-state index in [2.05, 4.69) is 14.2 Å². The third-order valence-corrected chi connectivity index (χ3v) is 2.22. The van der Waals surface area contributed by atoms with Crippen molar-refractivity contribution in [3.05, 3.63) is 0 Å². The molecule has 21 heavy (non-hydrogen) atoms. The molecule has 0 spiro atoms. The van der Waals surface area contributed by atoms with Crippen molar-refractivity contribution in [3.8, 4) is 0 Å². The first-order valence-corrected chi connectivity index (χ1v) is 5.90. The Morgan fingerprint density at radius 2 is 1.57 bits per heavy atom. The number of aliphatic hydroxyl groups excluding tert-OH is 1. The number of aliphatic hydroxyl groups is 1. The lowest BCUT2D eigenvalue weighted by atomic mass is 10.0. The fourth-order valence-electron chi connectivity index (χ4n) is 1.52. The highest BCUT2D eigenvalue weighted by Crippen LogP contribution is 2.26. The van der Waals surface area contributed by atoms with Gasteiger partial charge in [-0.3, -0.25) is 19.2 Å². The largest absolute Gasteiger partial charge is 0.456 e. The SMILES string of the molecule is CC(=O)O[C@@H]([C@@H](C)O)[C@H](OC(C)=O)[C@](F)(C=O)OC(C)=O. The Morgan fingerprint density at radius 3 is 1.86 bits per heavy atom. The van der Waals surface area contributed by atoms with E-state index in [1.165, 1.54) is 0 Å². The number of rotatable bonds is 7. The van der Waals surface area contributed by atoms with Crippen molar-refractivity contribution in [2.45, 2.75) is 51.9 Å². The van der Waals surface area contributed by atoms with Gasteiger partial charge >= 0.3 is 23.8 Å². The predicted molar refractivity (Wildman–Crippen MR) is 64.5 cm³/mol. The lowest BCUT2D eigenvalue weighted by Gasteiger charge is -2.34. The zero-order chi connectivity index (χ0) is 16.8. The van der Waals surface area contributed by atoms with Crippen molar-refractivity contribution in [1.82, 2.24) is 0 Å². The third kappa shape index (κ3) is 5.86.